The topological polar surface area (TPSA) is 59.6 Å². The summed E-state index contributed by atoms with van der Waals surface area (Å²) >= 11 is 3.50. The second-order valence-electron chi connectivity index (χ2n) is 6.56. The number of para-hydroxylation sites is 1. The van der Waals surface area contributed by atoms with Gasteiger partial charge in [0.1, 0.15) is 0 Å². The third-order valence-corrected chi connectivity index (χ3v) is 5.43. The molecule has 1 aliphatic carbocycles. The number of nitrogens with one attached hydrogen (secondary N) is 1. The van der Waals surface area contributed by atoms with Gasteiger partial charge in [0.25, 0.3) is 0 Å². The summed E-state index contributed by atoms with van der Waals surface area (Å²) < 4.78 is 6.34. The highest BCUT2D eigenvalue weighted by Crippen LogP contribution is 2.44. The number of benzene rings is 2. The zero-order chi connectivity index (χ0) is 17.7. The number of hydrogen-bond acceptors (Lipinski definition) is 2. The van der Waals surface area contributed by atoms with Crippen LogP contribution in [-0.4, -0.2) is 19.6 Å². The maximum atomic E-state index is 6.15. The number of halogens is 2. The minimum Gasteiger partial charge on any atom is -0.380 e. The number of hydrogen-bond donors (Lipinski definition) is 2. The van der Waals surface area contributed by atoms with Crippen LogP contribution in [0.5, 0.6) is 0 Å². The third-order valence-electron chi connectivity index (χ3n) is 4.90. The summed E-state index contributed by atoms with van der Waals surface area (Å²) in [5, 5.41) is 3.22. The van der Waals surface area contributed by atoms with Crippen LogP contribution >= 0.6 is 39.9 Å². The summed E-state index contributed by atoms with van der Waals surface area (Å²) in [6, 6.07) is 16.6. The van der Waals surface area contributed by atoms with Gasteiger partial charge in [0, 0.05) is 28.2 Å². The molecule has 1 saturated carbocycles. The maximum Gasteiger partial charge on any atom is 0.193 e. The molecule has 0 radical (unpaired) electrons. The van der Waals surface area contributed by atoms with Crippen LogP contribution < -0.4 is 11.1 Å². The highest BCUT2D eigenvalue weighted by Gasteiger charge is 2.38. The van der Waals surface area contributed by atoms with Gasteiger partial charge in [0.2, 0.25) is 0 Å². The third kappa shape index (κ3) is 4.98. The number of aliphatic imine (C=N–C) groups is 1. The first-order valence-electron chi connectivity index (χ1n) is 8.53. The quantitative estimate of drug-likeness (QED) is 0.312. The Balaban J connectivity index is 0.00000243. The highest BCUT2D eigenvalue weighted by atomic mass is 127. The van der Waals surface area contributed by atoms with Gasteiger partial charge >= 0.3 is 0 Å². The van der Waals surface area contributed by atoms with Crippen molar-refractivity contribution in [2.75, 3.05) is 19.0 Å². The van der Waals surface area contributed by atoms with E-state index in [4.69, 9.17) is 10.5 Å². The standard InChI is InChI=1S/C20H24BrN3O.HI/c1-25-13-15-5-2-3-6-18(15)24-19(22)23-14-20(11-4-12-20)16-7-9-17(21)10-8-16;/h2-3,5-10H,4,11-14H2,1H3,(H3,22,23,24);1H. The van der Waals surface area contributed by atoms with E-state index in [1.807, 2.05) is 24.3 Å². The minimum atomic E-state index is 0. The van der Waals surface area contributed by atoms with Gasteiger partial charge in [0.15, 0.2) is 5.96 Å². The van der Waals surface area contributed by atoms with Crippen LogP contribution in [-0.2, 0) is 16.8 Å². The average molecular weight is 530 g/mol. The zero-order valence-electron chi connectivity index (χ0n) is 14.9. The van der Waals surface area contributed by atoms with E-state index >= 15 is 0 Å². The van der Waals surface area contributed by atoms with Crippen LogP contribution in [0.4, 0.5) is 5.69 Å². The molecule has 140 valence electrons. The summed E-state index contributed by atoms with van der Waals surface area (Å²) in [5.74, 6) is 0.451. The number of nitrogens with two attached hydrogens (primary N) is 1. The molecule has 3 N–H and O–H groups in total. The van der Waals surface area contributed by atoms with E-state index < -0.39 is 0 Å². The molecule has 0 bridgehead atoms. The van der Waals surface area contributed by atoms with E-state index in [2.05, 4.69) is 50.5 Å². The van der Waals surface area contributed by atoms with Gasteiger partial charge in [0.05, 0.1) is 13.2 Å². The van der Waals surface area contributed by atoms with Crippen molar-refractivity contribution in [2.45, 2.75) is 31.3 Å². The van der Waals surface area contributed by atoms with Crippen molar-refractivity contribution in [1.29, 1.82) is 0 Å². The predicted molar refractivity (Wildman–Crippen MR) is 122 cm³/mol. The molecule has 0 unspecified atom stereocenters. The molecule has 2 aromatic carbocycles. The van der Waals surface area contributed by atoms with Crippen molar-refractivity contribution < 1.29 is 4.74 Å². The molecule has 0 spiro atoms. The maximum absolute atomic E-state index is 6.15. The number of guanidine groups is 1. The lowest BCUT2D eigenvalue weighted by molar-refractivity contribution is 0.185. The first kappa shape index (κ1) is 21.2. The Morgan fingerprint density at radius 2 is 1.88 bits per heavy atom. The fourth-order valence-corrected chi connectivity index (χ4v) is 3.55. The van der Waals surface area contributed by atoms with Gasteiger partial charge in [-0.05, 0) is 36.6 Å². The molecule has 1 aliphatic rings. The van der Waals surface area contributed by atoms with Gasteiger partial charge in [-0.2, -0.15) is 0 Å². The van der Waals surface area contributed by atoms with Crippen LogP contribution in [0.2, 0.25) is 0 Å². The molecule has 2 aromatic rings. The summed E-state index contributed by atoms with van der Waals surface area (Å²) in [7, 11) is 1.69. The number of methoxy groups -OCH3 is 1. The summed E-state index contributed by atoms with van der Waals surface area (Å²) in [6.45, 7) is 1.25. The van der Waals surface area contributed by atoms with Crippen LogP contribution in [0.25, 0.3) is 0 Å². The number of rotatable bonds is 6. The van der Waals surface area contributed by atoms with Gasteiger partial charge in [-0.15, -0.1) is 24.0 Å². The van der Waals surface area contributed by atoms with Crippen LogP contribution in [0.1, 0.15) is 30.4 Å². The Kier molecular flexibility index (Phi) is 7.91. The van der Waals surface area contributed by atoms with Crippen molar-refractivity contribution in [3.05, 3.63) is 64.1 Å². The summed E-state index contributed by atoms with van der Waals surface area (Å²) in [5.41, 5.74) is 9.63. The van der Waals surface area contributed by atoms with Gasteiger partial charge < -0.3 is 15.8 Å². The SMILES string of the molecule is COCc1ccccc1NC(N)=NCC1(c2ccc(Br)cc2)CCC1.I. The van der Waals surface area contributed by atoms with E-state index in [0.717, 1.165) is 28.6 Å². The fraction of sp³-hybridized carbons (Fsp3) is 0.350. The highest BCUT2D eigenvalue weighted by molar-refractivity contribution is 14.0. The Morgan fingerprint density at radius 3 is 2.50 bits per heavy atom. The molecule has 0 atom stereocenters. The first-order valence-corrected chi connectivity index (χ1v) is 9.32. The molecule has 4 nitrogen and oxygen atoms in total. The Bertz CT molecular complexity index is 745. The number of anilines is 1. The smallest absolute Gasteiger partial charge is 0.193 e. The van der Waals surface area contributed by atoms with E-state index in [0.29, 0.717) is 19.1 Å². The Hall–Kier alpha value is -1.12. The zero-order valence-corrected chi connectivity index (χ0v) is 18.8. The average Bonchev–Trinajstić information content (AvgIpc) is 2.57. The Labute approximate surface area is 180 Å². The number of nitrogens with zero attached hydrogens (tertiary/aromatic N) is 1. The molecule has 0 aliphatic heterocycles. The van der Waals surface area contributed by atoms with Crippen molar-refractivity contribution >= 4 is 51.6 Å². The largest absolute Gasteiger partial charge is 0.380 e. The molecule has 0 heterocycles. The fourth-order valence-electron chi connectivity index (χ4n) is 3.28. The van der Waals surface area contributed by atoms with E-state index in [1.54, 1.807) is 7.11 Å². The minimum absolute atomic E-state index is 0. The monoisotopic (exact) mass is 529 g/mol. The lowest BCUT2D eigenvalue weighted by atomic mass is 9.64. The lowest BCUT2D eigenvalue weighted by Gasteiger charge is -2.41. The van der Waals surface area contributed by atoms with E-state index in [-0.39, 0.29) is 29.4 Å². The van der Waals surface area contributed by atoms with Crippen LogP contribution in [0, 0.1) is 0 Å². The van der Waals surface area contributed by atoms with Crippen LogP contribution in [0.15, 0.2) is 58.0 Å². The number of ether oxygens (including phenoxy) is 1. The second kappa shape index (κ2) is 9.71. The van der Waals surface area contributed by atoms with Crippen LogP contribution in [0.3, 0.4) is 0 Å². The second-order valence-corrected chi connectivity index (χ2v) is 7.47. The summed E-state index contributed by atoms with van der Waals surface area (Å²) in [6.07, 6.45) is 3.56. The molecule has 1 fully saturated rings. The van der Waals surface area contributed by atoms with Gasteiger partial charge in [-0.25, -0.2) is 0 Å². The summed E-state index contributed by atoms with van der Waals surface area (Å²) in [4.78, 5) is 4.64. The Morgan fingerprint density at radius 1 is 1.19 bits per heavy atom. The van der Waals surface area contributed by atoms with Crippen molar-refractivity contribution in [3.63, 3.8) is 0 Å². The van der Waals surface area contributed by atoms with E-state index in [1.165, 1.54) is 12.0 Å². The predicted octanol–water partition coefficient (Wildman–Crippen LogP) is 5.06. The van der Waals surface area contributed by atoms with Crippen molar-refractivity contribution in [3.8, 4) is 0 Å². The molecular formula is C20H25BrIN3O. The molecule has 26 heavy (non-hydrogen) atoms. The lowest BCUT2D eigenvalue weighted by Crippen LogP contribution is -2.38. The van der Waals surface area contributed by atoms with Gasteiger partial charge in [-0.3, -0.25) is 4.99 Å². The van der Waals surface area contributed by atoms with E-state index in [9.17, 15) is 0 Å². The van der Waals surface area contributed by atoms with Gasteiger partial charge in [-0.1, -0.05) is 52.7 Å². The normalized spacial score (nSPS) is 15.7. The van der Waals surface area contributed by atoms with Crippen molar-refractivity contribution in [1.82, 2.24) is 0 Å². The molecule has 6 heteroatoms. The molecule has 0 saturated heterocycles. The first-order chi connectivity index (χ1) is 12.1. The molecular weight excluding hydrogens is 505 g/mol. The molecule has 0 amide bonds. The van der Waals surface area contributed by atoms with Crippen molar-refractivity contribution in [2.24, 2.45) is 10.7 Å². The molecule has 3 rings (SSSR count). The molecule has 0 aromatic heterocycles.